The summed E-state index contributed by atoms with van der Waals surface area (Å²) in [6.07, 6.45) is 0. The van der Waals surface area contributed by atoms with Crippen LogP contribution in [0.5, 0.6) is 0 Å². The number of nitrogens with one attached hydrogen (secondary N) is 4. The van der Waals surface area contributed by atoms with Gasteiger partial charge in [-0.3, -0.25) is 9.59 Å². The number of H-pyrrole nitrogens is 1. The molecule has 0 saturated heterocycles. The Balaban J connectivity index is 1.82. The van der Waals surface area contributed by atoms with Crippen molar-refractivity contribution in [3.63, 3.8) is 0 Å². The van der Waals surface area contributed by atoms with Crippen molar-refractivity contribution in [1.29, 1.82) is 0 Å². The summed E-state index contributed by atoms with van der Waals surface area (Å²) < 4.78 is 0. The molecule has 0 bridgehead atoms. The van der Waals surface area contributed by atoms with Gasteiger partial charge in [-0.05, 0) is 30.3 Å². The first-order valence-electron chi connectivity index (χ1n) is 7.46. The molecule has 25 heavy (non-hydrogen) atoms. The highest BCUT2D eigenvalue weighted by atomic mass is 16.2. The Morgan fingerprint density at radius 1 is 0.920 bits per heavy atom. The molecule has 0 aliphatic heterocycles. The monoisotopic (exact) mass is 337 g/mol. The number of hydrogen-bond donors (Lipinski definition) is 4. The molecule has 1 aromatic heterocycles. The number of carbonyl (C=O) groups is 2. The molecule has 126 valence electrons. The van der Waals surface area contributed by atoms with Crippen molar-refractivity contribution in [2.45, 2.75) is 0 Å². The molecule has 0 saturated carbocycles. The standard InChI is InChI=1S/C17H15N5O3/c1-18-17(25)20-11-8-6-10(7-9-11)19-16(24)14-12-4-2-3-5-13(12)15(23)22-21-14/h2-9H,1H3,(H,19,24)(H,22,23)(H2,18,20,25). The largest absolute Gasteiger partial charge is 0.341 e. The van der Waals surface area contributed by atoms with Gasteiger partial charge in [-0.25, -0.2) is 9.89 Å². The van der Waals surface area contributed by atoms with Crippen LogP contribution in [0, 0.1) is 0 Å². The second-order valence-corrected chi connectivity index (χ2v) is 5.18. The summed E-state index contributed by atoms with van der Waals surface area (Å²) in [5, 5.41) is 14.8. The summed E-state index contributed by atoms with van der Waals surface area (Å²) in [7, 11) is 1.52. The number of nitrogens with zero attached hydrogens (tertiary/aromatic N) is 1. The molecule has 3 aromatic rings. The van der Waals surface area contributed by atoms with Gasteiger partial charge < -0.3 is 16.0 Å². The Morgan fingerprint density at radius 3 is 2.16 bits per heavy atom. The molecule has 3 rings (SSSR count). The van der Waals surface area contributed by atoms with Crippen molar-refractivity contribution in [2.75, 3.05) is 17.7 Å². The van der Waals surface area contributed by atoms with Crippen molar-refractivity contribution < 1.29 is 9.59 Å². The number of anilines is 2. The Kier molecular flexibility index (Phi) is 4.42. The molecule has 8 nitrogen and oxygen atoms in total. The fraction of sp³-hybridized carbons (Fsp3) is 0.0588. The van der Waals surface area contributed by atoms with Gasteiger partial charge in [-0.15, -0.1) is 0 Å². The van der Waals surface area contributed by atoms with Gasteiger partial charge in [0.15, 0.2) is 5.69 Å². The maximum Gasteiger partial charge on any atom is 0.318 e. The molecule has 0 aliphatic rings. The lowest BCUT2D eigenvalue weighted by Crippen LogP contribution is -2.24. The van der Waals surface area contributed by atoms with Crippen LogP contribution in [-0.2, 0) is 0 Å². The van der Waals surface area contributed by atoms with Crippen molar-refractivity contribution in [3.8, 4) is 0 Å². The van der Waals surface area contributed by atoms with E-state index in [1.807, 2.05) is 0 Å². The van der Waals surface area contributed by atoms with Gasteiger partial charge in [0.25, 0.3) is 11.5 Å². The lowest BCUT2D eigenvalue weighted by Gasteiger charge is -2.08. The van der Waals surface area contributed by atoms with E-state index in [9.17, 15) is 14.4 Å². The Hall–Kier alpha value is -3.68. The van der Waals surface area contributed by atoms with Gasteiger partial charge in [-0.2, -0.15) is 5.10 Å². The average molecular weight is 337 g/mol. The van der Waals surface area contributed by atoms with E-state index in [-0.39, 0.29) is 17.3 Å². The third kappa shape index (κ3) is 3.47. The van der Waals surface area contributed by atoms with E-state index < -0.39 is 5.91 Å². The van der Waals surface area contributed by atoms with Crippen LogP contribution in [0.4, 0.5) is 16.2 Å². The lowest BCUT2D eigenvalue weighted by molar-refractivity contribution is 0.102. The van der Waals surface area contributed by atoms with Crippen LogP contribution in [-0.4, -0.2) is 29.2 Å². The predicted molar refractivity (Wildman–Crippen MR) is 94.8 cm³/mol. The van der Waals surface area contributed by atoms with Crippen LogP contribution in [0.25, 0.3) is 10.8 Å². The van der Waals surface area contributed by atoms with E-state index in [4.69, 9.17) is 0 Å². The van der Waals surface area contributed by atoms with Crippen LogP contribution in [0.1, 0.15) is 10.5 Å². The number of rotatable bonds is 3. The van der Waals surface area contributed by atoms with Crippen LogP contribution in [0.15, 0.2) is 53.3 Å². The lowest BCUT2D eigenvalue weighted by atomic mass is 10.1. The maximum atomic E-state index is 12.5. The smallest absolute Gasteiger partial charge is 0.318 e. The minimum Gasteiger partial charge on any atom is -0.341 e. The fourth-order valence-electron chi connectivity index (χ4n) is 2.31. The highest BCUT2D eigenvalue weighted by Crippen LogP contribution is 2.17. The van der Waals surface area contributed by atoms with Crippen molar-refractivity contribution in [3.05, 3.63) is 64.6 Å². The van der Waals surface area contributed by atoms with E-state index in [0.29, 0.717) is 22.1 Å². The van der Waals surface area contributed by atoms with Crippen molar-refractivity contribution in [1.82, 2.24) is 15.5 Å². The molecule has 0 fully saturated rings. The molecule has 0 spiro atoms. The molecular formula is C17H15N5O3. The number of aromatic nitrogens is 2. The molecular weight excluding hydrogens is 322 g/mol. The van der Waals surface area contributed by atoms with E-state index in [2.05, 4.69) is 26.1 Å². The Morgan fingerprint density at radius 2 is 1.52 bits per heavy atom. The van der Waals surface area contributed by atoms with Gasteiger partial charge in [0.2, 0.25) is 0 Å². The summed E-state index contributed by atoms with van der Waals surface area (Å²) in [4.78, 5) is 35.5. The number of hydrogen-bond acceptors (Lipinski definition) is 4. The van der Waals surface area contributed by atoms with Crippen LogP contribution in [0.3, 0.4) is 0 Å². The highest BCUT2D eigenvalue weighted by molar-refractivity contribution is 6.11. The third-order valence-electron chi connectivity index (χ3n) is 3.54. The zero-order valence-corrected chi connectivity index (χ0v) is 13.3. The SMILES string of the molecule is CNC(=O)Nc1ccc(NC(=O)c2n[nH]c(=O)c3ccccc23)cc1. The third-order valence-corrected chi connectivity index (χ3v) is 3.54. The minimum atomic E-state index is -0.445. The van der Waals surface area contributed by atoms with Gasteiger partial charge in [-0.1, -0.05) is 18.2 Å². The van der Waals surface area contributed by atoms with Crippen LogP contribution in [0.2, 0.25) is 0 Å². The van der Waals surface area contributed by atoms with Gasteiger partial charge in [0.05, 0.1) is 5.39 Å². The van der Waals surface area contributed by atoms with E-state index in [1.54, 1.807) is 48.5 Å². The fourth-order valence-corrected chi connectivity index (χ4v) is 2.31. The zero-order valence-electron chi connectivity index (χ0n) is 13.3. The number of carbonyl (C=O) groups excluding carboxylic acids is 2. The summed E-state index contributed by atoms with van der Waals surface area (Å²) >= 11 is 0. The summed E-state index contributed by atoms with van der Waals surface area (Å²) in [5.41, 5.74) is 0.897. The Bertz CT molecular complexity index is 995. The first-order chi connectivity index (χ1) is 12.1. The summed E-state index contributed by atoms with van der Waals surface area (Å²) in [5.74, 6) is -0.445. The molecule has 3 amide bonds. The summed E-state index contributed by atoms with van der Waals surface area (Å²) in [6, 6.07) is 13.0. The molecule has 8 heteroatoms. The number of fused-ring (bicyclic) bond motifs is 1. The number of benzene rings is 2. The molecule has 0 radical (unpaired) electrons. The highest BCUT2D eigenvalue weighted by Gasteiger charge is 2.14. The van der Waals surface area contributed by atoms with E-state index >= 15 is 0 Å². The van der Waals surface area contributed by atoms with Crippen LogP contribution < -0.4 is 21.5 Å². The predicted octanol–water partition coefficient (Wildman–Crippen LogP) is 1.93. The number of amides is 3. The van der Waals surface area contributed by atoms with E-state index in [0.717, 1.165) is 0 Å². The first-order valence-corrected chi connectivity index (χ1v) is 7.46. The normalized spacial score (nSPS) is 10.3. The molecule has 4 N–H and O–H groups in total. The molecule has 2 aromatic carbocycles. The second-order valence-electron chi connectivity index (χ2n) is 5.18. The number of aromatic amines is 1. The molecule has 0 unspecified atom stereocenters. The molecule has 0 atom stereocenters. The van der Waals surface area contributed by atoms with Gasteiger partial charge in [0.1, 0.15) is 0 Å². The number of urea groups is 1. The zero-order chi connectivity index (χ0) is 17.8. The maximum absolute atomic E-state index is 12.5. The van der Waals surface area contributed by atoms with Crippen molar-refractivity contribution >= 4 is 34.1 Å². The molecule has 0 aliphatic carbocycles. The first kappa shape index (κ1) is 16.2. The van der Waals surface area contributed by atoms with Gasteiger partial charge >= 0.3 is 6.03 Å². The minimum absolute atomic E-state index is 0.128. The van der Waals surface area contributed by atoms with Gasteiger partial charge in [0, 0.05) is 23.8 Å². The summed E-state index contributed by atoms with van der Waals surface area (Å²) in [6.45, 7) is 0. The average Bonchev–Trinajstić information content (AvgIpc) is 2.63. The second kappa shape index (κ2) is 6.83. The van der Waals surface area contributed by atoms with Crippen molar-refractivity contribution in [2.24, 2.45) is 0 Å². The van der Waals surface area contributed by atoms with E-state index in [1.165, 1.54) is 7.05 Å². The molecule has 1 heterocycles. The topological polar surface area (TPSA) is 116 Å². The Labute approximate surface area is 142 Å². The van der Waals surface area contributed by atoms with Crippen LogP contribution >= 0.6 is 0 Å². The quantitative estimate of drug-likeness (QED) is 0.584.